The molecule has 0 aromatic heterocycles. The Morgan fingerprint density at radius 2 is 1.97 bits per heavy atom. The van der Waals surface area contributed by atoms with Gasteiger partial charge in [0.1, 0.15) is 18.2 Å². The predicted molar refractivity (Wildman–Crippen MR) is 113 cm³/mol. The van der Waals surface area contributed by atoms with E-state index in [2.05, 4.69) is 11.4 Å². The van der Waals surface area contributed by atoms with Gasteiger partial charge in [0, 0.05) is 12.1 Å². The van der Waals surface area contributed by atoms with E-state index in [1.807, 2.05) is 18.2 Å². The number of nitrogens with one attached hydrogen (secondary N) is 1. The summed E-state index contributed by atoms with van der Waals surface area (Å²) in [5, 5.41) is 2.91. The van der Waals surface area contributed by atoms with Crippen molar-refractivity contribution in [2.45, 2.75) is 31.3 Å². The Kier molecular flexibility index (Phi) is 6.51. The van der Waals surface area contributed by atoms with Crippen LogP contribution in [0.15, 0.2) is 48.5 Å². The van der Waals surface area contributed by atoms with Crippen molar-refractivity contribution in [3.8, 4) is 5.75 Å². The van der Waals surface area contributed by atoms with E-state index < -0.39 is 11.4 Å². The number of hydrogen-bond donors (Lipinski definition) is 1. The van der Waals surface area contributed by atoms with Gasteiger partial charge in [0.2, 0.25) is 0 Å². The molecule has 2 aromatic rings. The zero-order valence-electron chi connectivity index (χ0n) is 17.4. The van der Waals surface area contributed by atoms with Gasteiger partial charge < -0.3 is 19.7 Å². The number of amides is 2. The number of benzene rings is 2. The van der Waals surface area contributed by atoms with Crippen molar-refractivity contribution in [1.29, 1.82) is 0 Å². The Labute approximate surface area is 181 Å². The molecule has 1 atom stereocenters. The fourth-order valence-electron chi connectivity index (χ4n) is 4.23. The zero-order valence-corrected chi connectivity index (χ0v) is 17.4. The Morgan fingerprint density at radius 1 is 1.10 bits per heavy atom. The number of hydrogen-bond acceptors (Lipinski definition) is 4. The molecule has 2 aliphatic heterocycles. The van der Waals surface area contributed by atoms with Crippen LogP contribution in [0.25, 0.3) is 0 Å². The van der Waals surface area contributed by atoms with Crippen LogP contribution in [0.1, 0.15) is 35.2 Å². The summed E-state index contributed by atoms with van der Waals surface area (Å²) in [7, 11) is 0. The molecule has 1 spiro atoms. The summed E-state index contributed by atoms with van der Waals surface area (Å²) in [6.45, 7) is 1.46. The second-order valence-electron chi connectivity index (χ2n) is 8.00. The van der Waals surface area contributed by atoms with E-state index in [1.165, 1.54) is 18.2 Å². The number of rotatable bonds is 1. The molecule has 2 amide bonds. The maximum Gasteiger partial charge on any atom is 0.254 e. The number of nitrogens with zero attached hydrogens (tertiary/aromatic N) is 1. The van der Waals surface area contributed by atoms with Gasteiger partial charge in [-0.25, -0.2) is 4.39 Å². The minimum absolute atomic E-state index is 0.144. The van der Waals surface area contributed by atoms with Crippen molar-refractivity contribution < 1.29 is 23.5 Å². The molecule has 2 aromatic carbocycles. The lowest BCUT2D eigenvalue weighted by Gasteiger charge is -2.42. The molecule has 7 heteroatoms. The summed E-state index contributed by atoms with van der Waals surface area (Å²) in [6.07, 6.45) is 2.99. The molecule has 4 rings (SSSR count). The van der Waals surface area contributed by atoms with Gasteiger partial charge in [0.25, 0.3) is 11.8 Å². The molecule has 0 bridgehead atoms. The highest BCUT2D eigenvalue weighted by molar-refractivity contribution is 5.95. The highest BCUT2D eigenvalue weighted by atomic mass is 19.1. The number of morpholine rings is 1. The standard InChI is InChI=1S/C24H27FN2O4/c25-20-9-5-8-19(16-20)22(28)27-13-15-31-24(17-27)11-4-3-7-18-6-1-2-10-21(18)30-14-12-26-23(24)29/h1-2,5-6,8-10,16H,3-4,7,11-15,17H2,(H,26,29). The smallest absolute Gasteiger partial charge is 0.254 e. The predicted octanol–water partition coefficient (Wildman–Crippen LogP) is 2.96. The molecule has 0 aliphatic carbocycles. The number of aryl methyl sites for hydroxylation is 1. The summed E-state index contributed by atoms with van der Waals surface area (Å²) in [5.74, 6) is -0.134. The zero-order chi connectivity index (χ0) is 21.7. The second-order valence-corrected chi connectivity index (χ2v) is 8.00. The molecule has 31 heavy (non-hydrogen) atoms. The third-order valence-corrected chi connectivity index (χ3v) is 5.85. The van der Waals surface area contributed by atoms with Crippen molar-refractivity contribution in [3.05, 3.63) is 65.5 Å². The van der Waals surface area contributed by atoms with E-state index in [0.29, 0.717) is 26.1 Å². The molecule has 1 unspecified atom stereocenters. The van der Waals surface area contributed by atoms with Crippen LogP contribution in [-0.4, -0.2) is 55.2 Å². The second kappa shape index (κ2) is 9.47. The van der Waals surface area contributed by atoms with E-state index in [4.69, 9.17) is 9.47 Å². The van der Waals surface area contributed by atoms with Crippen molar-refractivity contribution in [1.82, 2.24) is 10.2 Å². The van der Waals surface area contributed by atoms with E-state index >= 15 is 0 Å². The molecule has 1 N–H and O–H groups in total. The summed E-state index contributed by atoms with van der Waals surface area (Å²) in [4.78, 5) is 27.7. The average Bonchev–Trinajstić information content (AvgIpc) is 2.79. The van der Waals surface area contributed by atoms with Crippen LogP contribution in [0.5, 0.6) is 5.75 Å². The first-order chi connectivity index (χ1) is 15.1. The highest BCUT2D eigenvalue weighted by Crippen LogP contribution is 2.28. The number of fused-ring (bicyclic) bond motifs is 1. The number of carbonyl (C=O) groups is 2. The number of carbonyl (C=O) groups excluding carboxylic acids is 2. The molecule has 1 saturated heterocycles. The fourth-order valence-corrected chi connectivity index (χ4v) is 4.23. The summed E-state index contributed by atoms with van der Waals surface area (Å²) < 4.78 is 25.5. The summed E-state index contributed by atoms with van der Waals surface area (Å²) in [6, 6.07) is 13.6. The van der Waals surface area contributed by atoms with Gasteiger partial charge >= 0.3 is 0 Å². The van der Waals surface area contributed by atoms with E-state index in [9.17, 15) is 14.0 Å². The first kappa shape index (κ1) is 21.3. The molecular weight excluding hydrogens is 399 g/mol. The van der Waals surface area contributed by atoms with Crippen molar-refractivity contribution in [2.24, 2.45) is 0 Å². The van der Waals surface area contributed by atoms with Crippen LogP contribution < -0.4 is 10.1 Å². The van der Waals surface area contributed by atoms with Gasteiger partial charge in [0.15, 0.2) is 5.60 Å². The van der Waals surface area contributed by atoms with Crippen molar-refractivity contribution in [3.63, 3.8) is 0 Å². The average molecular weight is 426 g/mol. The Balaban J connectivity index is 1.50. The fraction of sp³-hybridized carbons (Fsp3) is 0.417. The molecule has 6 nitrogen and oxygen atoms in total. The topological polar surface area (TPSA) is 67.9 Å². The normalized spacial score (nSPS) is 22.5. The maximum atomic E-state index is 13.6. The van der Waals surface area contributed by atoms with Crippen LogP contribution in [0.3, 0.4) is 0 Å². The Morgan fingerprint density at radius 3 is 2.84 bits per heavy atom. The molecular formula is C24H27FN2O4. The van der Waals surface area contributed by atoms with Gasteiger partial charge in [-0.05, 0) is 55.5 Å². The molecule has 0 saturated carbocycles. The number of halogens is 1. The molecule has 0 radical (unpaired) electrons. The maximum absolute atomic E-state index is 13.6. The first-order valence-corrected chi connectivity index (χ1v) is 10.8. The van der Waals surface area contributed by atoms with Gasteiger partial charge in [0.05, 0.1) is 19.7 Å². The lowest BCUT2D eigenvalue weighted by molar-refractivity contribution is -0.159. The number of ether oxygens (including phenoxy) is 2. The quantitative estimate of drug-likeness (QED) is 0.761. The Hall–Kier alpha value is -2.93. The lowest BCUT2D eigenvalue weighted by Crippen LogP contribution is -2.61. The molecule has 164 valence electrons. The Bertz CT molecular complexity index is 951. The number of para-hydroxylation sites is 1. The van der Waals surface area contributed by atoms with Crippen molar-refractivity contribution >= 4 is 11.8 Å². The van der Waals surface area contributed by atoms with Crippen LogP contribution in [0, 0.1) is 5.82 Å². The van der Waals surface area contributed by atoms with E-state index in [0.717, 1.165) is 30.6 Å². The third kappa shape index (κ3) is 4.88. The van der Waals surface area contributed by atoms with Gasteiger partial charge in [-0.1, -0.05) is 24.3 Å². The molecule has 2 heterocycles. The SMILES string of the molecule is O=C(c1cccc(F)c1)N1CCOC2(CCCCc3ccccc3OCCNC2=O)C1. The minimum Gasteiger partial charge on any atom is -0.491 e. The third-order valence-electron chi connectivity index (χ3n) is 5.85. The van der Waals surface area contributed by atoms with Crippen LogP contribution in [-0.2, 0) is 16.0 Å². The van der Waals surface area contributed by atoms with E-state index in [-0.39, 0.29) is 30.5 Å². The largest absolute Gasteiger partial charge is 0.491 e. The summed E-state index contributed by atoms with van der Waals surface area (Å²) >= 11 is 0. The van der Waals surface area contributed by atoms with Gasteiger partial charge in [-0.15, -0.1) is 0 Å². The first-order valence-electron chi connectivity index (χ1n) is 10.8. The van der Waals surface area contributed by atoms with E-state index in [1.54, 1.807) is 11.0 Å². The summed E-state index contributed by atoms with van der Waals surface area (Å²) in [5.41, 5.74) is 0.312. The van der Waals surface area contributed by atoms with Gasteiger partial charge in [-0.3, -0.25) is 9.59 Å². The molecule has 1 fully saturated rings. The monoisotopic (exact) mass is 426 g/mol. The van der Waals surface area contributed by atoms with Crippen LogP contribution in [0.2, 0.25) is 0 Å². The lowest BCUT2D eigenvalue weighted by atomic mass is 9.91. The van der Waals surface area contributed by atoms with Crippen LogP contribution in [0.4, 0.5) is 4.39 Å². The molecule has 2 aliphatic rings. The van der Waals surface area contributed by atoms with Gasteiger partial charge in [-0.2, -0.15) is 0 Å². The highest BCUT2D eigenvalue weighted by Gasteiger charge is 2.44. The van der Waals surface area contributed by atoms with Crippen molar-refractivity contribution in [2.75, 3.05) is 32.8 Å². The van der Waals surface area contributed by atoms with Crippen LogP contribution >= 0.6 is 0 Å². The minimum atomic E-state index is -1.11.